The Morgan fingerprint density at radius 3 is 2.60 bits per heavy atom. The first-order valence-corrected chi connectivity index (χ1v) is 9.29. The molecule has 2 heterocycles. The highest BCUT2D eigenvalue weighted by molar-refractivity contribution is 6.33. The third-order valence-electron chi connectivity index (χ3n) is 3.93. The van der Waals surface area contributed by atoms with Crippen molar-refractivity contribution in [1.29, 1.82) is 0 Å². The Morgan fingerprint density at radius 2 is 1.83 bits per heavy atom. The second kappa shape index (κ2) is 9.06. The number of para-hydroxylation sites is 1. The van der Waals surface area contributed by atoms with Crippen molar-refractivity contribution >= 4 is 17.4 Å². The maximum absolute atomic E-state index is 6.13. The van der Waals surface area contributed by atoms with Crippen LogP contribution in [0.5, 0.6) is 11.6 Å². The summed E-state index contributed by atoms with van der Waals surface area (Å²) < 4.78 is 10.8. The predicted octanol–water partition coefficient (Wildman–Crippen LogP) is 4.41. The van der Waals surface area contributed by atoms with E-state index in [1.165, 1.54) is 0 Å². The standard InChI is InChI=1S/C21H16ClN5O3/c22-17-9-5-4-8-16(17)21-25-18(26-30-21)13-28-27-20(23)14-10-11-19(24-12-14)29-15-6-2-1-3-7-15/h1-12H,13H2,(H2,23,27). The Kier molecular flexibility index (Phi) is 5.86. The molecule has 2 aromatic carbocycles. The van der Waals surface area contributed by atoms with Crippen molar-refractivity contribution in [1.82, 2.24) is 15.1 Å². The van der Waals surface area contributed by atoms with Gasteiger partial charge in [0.1, 0.15) is 5.75 Å². The Labute approximate surface area is 176 Å². The van der Waals surface area contributed by atoms with Crippen molar-refractivity contribution in [3.8, 4) is 23.1 Å². The van der Waals surface area contributed by atoms with Gasteiger partial charge in [-0.05, 0) is 30.3 Å². The molecule has 2 N–H and O–H groups in total. The van der Waals surface area contributed by atoms with Gasteiger partial charge in [0, 0.05) is 17.8 Å². The first kappa shape index (κ1) is 19.4. The fourth-order valence-electron chi connectivity index (χ4n) is 2.47. The van der Waals surface area contributed by atoms with Gasteiger partial charge in [-0.2, -0.15) is 4.98 Å². The van der Waals surface area contributed by atoms with Crippen molar-refractivity contribution in [2.45, 2.75) is 6.61 Å². The zero-order valence-corrected chi connectivity index (χ0v) is 16.4. The molecule has 150 valence electrons. The number of nitrogens with zero attached hydrogens (tertiary/aromatic N) is 4. The molecule has 0 atom stereocenters. The molecule has 8 nitrogen and oxygen atoms in total. The molecular formula is C21H16ClN5O3. The molecule has 0 aliphatic heterocycles. The number of hydrogen-bond acceptors (Lipinski definition) is 7. The average Bonchev–Trinajstić information content (AvgIpc) is 3.24. The van der Waals surface area contributed by atoms with E-state index < -0.39 is 0 Å². The summed E-state index contributed by atoms with van der Waals surface area (Å²) in [7, 11) is 0. The molecule has 4 rings (SSSR count). The van der Waals surface area contributed by atoms with Gasteiger partial charge in [-0.3, -0.25) is 0 Å². The van der Waals surface area contributed by atoms with Gasteiger partial charge < -0.3 is 19.8 Å². The lowest BCUT2D eigenvalue weighted by atomic mass is 10.2. The lowest BCUT2D eigenvalue weighted by molar-refractivity contribution is 0.122. The number of amidine groups is 1. The van der Waals surface area contributed by atoms with Crippen LogP contribution >= 0.6 is 11.6 Å². The first-order chi connectivity index (χ1) is 14.7. The van der Waals surface area contributed by atoms with Gasteiger partial charge in [0.05, 0.1) is 10.6 Å². The summed E-state index contributed by atoms with van der Waals surface area (Å²) in [4.78, 5) is 13.7. The molecule has 30 heavy (non-hydrogen) atoms. The predicted molar refractivity (Wildman–Crippen MR) is 111 cm³/mol. The molecule has 0 spiro atoms. The van der Waals surface area contributed by atoms with Crippen LogP contribution in [0.25, 0.3) is 11.5 Å². The minimum atomic E-state index is -0.0166. The molecule has 4 aromatic rings. The van der Waals surface area contributed by atoms with Crippen molar-refractivity contribution in [3.05, 3.63) is 89.3 Å². The van der Waals surface area contributed by atoms with Crippen LogP contribution in [0.4, 0.5) is 0 Å². The molecule has 0 bridgehead atoms. The highest BCUT2D eigenvalue weighted by Gasteiger charge is 2.12. The molecule has 0 amide bonds. The monoisotopic (exact) mass is 421 g/mol. The van der Waals surface area contributed by atoms with Crippen LogP contribution < -0.4 is 10.5 Å². The van der Waals surface area contributed by atoms with Crippen LogP contribution in [-0.2, 0) is 11.4 Å². The zero-order chi connectivity index (χ0) is 20.8. The van der Waals surface area contributed by atoms with Gasteiger partial charge in [-0.1, -0.05) is 52.2 Å². The summed E-state index contributed by atoms with van der Waals surface area (Å²) in [5.74, 6) is 1.90. The van der Waals surface area contributed by atoms with Crippen LogP contribution in [0, 0.1) is 0 Å². The van der Waals surface area contributed by atoms with Crippen LogP contribution in [0.2, 0.25) is 5.02 Å². The number of pyridine rings is 1. The van der Waals surface area contributed by atoms with Crippen LogP contribution in [-0.4, -0.2) is 21.0 Å². The summed E-state index contributed by atoms with van der Waals surface area (Å²) in [6, 6.07) is 20.0. The van der Waals surface area contributed by atoms with Crippen molar-refractivity contribution in [2.24, 2.45) is 10.9 Å². The SMILES string of the molecule is N/C(=N/OCc1noc(-c2ccccc2Cl)n1)c1ccc(Oc2ccccc2)nc1. The van der Waals surface area contributed by atoms with Crippen molar-refractivity contribution in [2.75, 3.05) is 0 Å². The van der Waals surface area contributed by atoms with E-state index in [0.717, 1.165) is 0 Å². The number of halogens is 1. The molecule has 0 aliphatic rings. The quantitative estimate of drug-likeness (QED) is 0.267. The van der Waals surface area contributed by atoms with Gasteiger partial charge in [0.25, 0.3) is 5.89 Å². The maximum Gasteiger partial charge on any atom is 0.259 e. The van der Waals surface area contributed by atoms with E-state index in [4.69, 9.17) is 31.4 Å². The third kappa shape index (κ3) is 4.73. The van der Waals surface area contributed by atoms with E-state index in [2.05, 4.69) is 20.3 Å². The average molecular weight is 422 g/mol. The van der Waals surface area contributed by atoms with Gasteiger partial charge in [-0.15, -0.1) is 0 Å². The molecule has 0 radical (unpaired) electrons. The van der Waals surface area contributed by atoms with Crippen LogP contribution in [0.15, 0.2) is 82.6 Å². The molecule has 9 heteroatoms. The molecule has 0 fully saturated rings. The number of rotatable bonds is 7. The molecule has 0 saturated carbocycles. The minimum absolute atomic E-state index is 0.0166. The summed E-state index contributed by atoms with van der Waals surface area (Å²) in [6.07, 6.45) is 1.55. The summed E-state index contributed by atoms with van der Waals surface area (Å²) in [6.45, 7) is -0.0166. The topological polar surface area (TPSA) is 109 Å². The van der Waals surface area contributed by atoms with E-state index >= 15 is 0 Å². The smallest absolute Gasteiger partial charge is 0.259 e. The van der Waals surface area contributed by atoms with Crippen molar-refractivity contribution < 1.29 is 14.1 Å². The Morgan fingerprint density at radius 1 is 1.03 bits per heavy atom. The maximum atomic E-state index is 6.13. The summed E-state index contributed by atoms with van der Waals surface area (Å²) in [5.41, 5.74) is 7.17. The number of oxime groups is 1. The second-order valence-corrected chi connectivity index (χ2v) is 6.45. The molecule has 0 saturated heterocycles. The van der Waals surface area contributed by atoms with Gasteiger partial charge in [0.15, 0.2) is 12.4 Å². The lowest BCUT2D eigenvalue weighted by Gasteiger charge is -2.05. The highest BCUT2D eigenvalue weighted by Crippen LogP contribution is 2.25. The van der Waals surface area contributed by atoms with E-state index in [1.807, 2.05) is 42.5 Å². The summed E-state index contributed by atoms with van der Waals surface area (Å²) in [5, 5.41) is 8.23. The highest BCUT2D eigenvalue weighted by atomic mass is 35.5. The third-order valence-corrected chi connectivity index (χ3v) is 4.26. The van der Waals surface area contributed by atoms with E-state index in [1.54, 1.807) is 30.5 Å². The lowest BCUT2D eigenvalue weighted by Crippen LogP contribution is -2.14. The number of aromatic nitrogens is 3. The van der Waals surface area contributed by atoms with E-state index in [-0.39, 0.29) is 12.4 Å². The number of nitrogens with two attached hydrogens (primary N) is 1. The normalized spacial score (nSPS) is 11.3. The fourth-order valence-corrected chi connectivity index (χ4v) is 2.69. The number of ether oxygens (including phenoxy) is 1. The van der Waals surface area contributed by atoms with Gasteiger partial charge >= 0.3 is 0 Å². The van der Waals surface area contributed by atoms with Gasteiger partial charge in [0.2, 0.25) is 11.7 Å². The first-order valence-electron chi connectivity index (χ1n) is 8.91. The summed E-state index contributed by atoms with van der Waals surface area (Å²) >= 11 is 6.13. The number of benzene rings is 2. The number of hydrogen-bond donors (Lipinski definition) is 1. The molecule has 0 aliphatic carbocycles. The van der Waals surface area contributed by atoms with Gasteiger partial charge in [-0.25, -0.2) is 4.98 Å². The van der Waals surface area contributed by atoms with Crippen molar-refractivity contribution in [3.63, 3.8) is 0 Å². The second-order valence-electron chi connectivity index (χ2n) is 6.05. The molecule has 2 aromatic heterocycles. The Bertz CT molecular complexity index is 1150. The molecule has 0 unspecified atom stereocenters. The van der Waals surface area contributed by atoms with E-state index in [0.29, 0.717) is 39.5 Å². The fraction of sp³-hybridized carbons (Fsp3) is 0.0476. The van der Waals surface area contributed by atoms with E-state index in [9.17, 15) is 0 Å². The molecular weight excluding hydrogens is 406 g/mol. The Balaban J connectivity index is 1.35. The zero-order valence-electron chi connectivity index (χ0n) is 15.6. The van der Waals surface area contributed by atoms with Crippen LogP contribution in [0.3, 0.4) is 0 Å². The largest absolute Gasteiger partial charge is 0.439 e. The Hall–Kier alpha value is -3.91. The minimum Gasteiger partial charge on any atom is -0.439 e. The van der Waals surface area contributed by atoms with Crippen LogP contribution in [0.1, 0.15) is 11.4 Å².